The molecule has 0 aliphatic carbocycles. The first kappa shape index (κ1) is 46.0. The summed E-state index contributed by atoms with van der Waals surface area (Å²) < 4.78 is 46.4. The number of amides is 2. The molecule has 1 aliphatic rings. The van der Waals surface area contributed by atoms with E-state index in [4.69, 9.17) is 34.2 Å². The van der Waals surface area contributed by atoms with Gasteiger partial charge in [0.2, 0.25) is 5.91 Å². The van der Waals surface area contributed by atoms with Crippen molar-refractivity contribution >= 4 is 69.9 Å². The molecule has 1 aromatic carbocycles. The van der Waals surface area contributed by atoms with E-state index in [1.165, 1.54) is 57.0 Å². The highest BCUT2D eigenvalue weighted by atomic mass is 33.1. The van der Waals surface area contributed by atoms with Crippen molar-refractivity contribution < 1.29 is 57.5 Å². The molecule has 7 N–H and O–H groups in total. The summed E-state index contributed by atoms with van der Waals surface area (Å²) in [5.74, 6) is 5.64. The minimum Gasteiger partial charge on any atom is -0.490 e. The van der Waals surface area contributed by atoms with Crippen LogP contribution in [0.2, 0.25) is 0 Å². The van der Waals surface area contributed by atoms with Gasteiger partial charge in [-0.05, 0) is 51.0 Å². The summed E-state index contributed by atoms with van der Waals surface area (Å²) in [6.45, 7) is 3.51. The van der Waals surface area contributed by atoms with Gasteiger partial charge in [-0.3, -0.25) is 14.2 Å². The molecule has 0 bridgehead atoms. The first-order valence-corrected chi connectivity index (χ1v) is 22.7. The number of carbonyl (C=O) groups is 2. The fourth-order valence-corrected chi connectivity index (χ4v) is 7.24. The van der Waals surface area contributed by atoms with Crippen molar-refractivity contribution in [2.24, 2.45) is 5.73 Å². The third-order valence-corrected chi connectivity index (χ3v) is 12.2. The molecule has 0 saturated carbocycles. The van der Waals surface area contributed by atoms with E-state index in [1.54, 1.807) is 31.5 Å². The van der Waals surface area contributed by atoms with Crippen LogP contribution in [-0.2, 0) is 33.0 Å². The van der Waals surface area contributed by atoms with Crippen LogP contribution in [0.5, 0.6) is 5.75 Å². The summed E-state index contributed by atoms with van der Waals surface area (Å²) in [6, 6.07) is 6.37. The first-order valence-electron chi connectivity index (χ1n) is 15.8. The summed E-state index contributed by atoms with van der Waals surface area (Å²) in [4.78, 5) is 43.5. The summed E-state index contributed by atoms with van der Waals surface area (Å²) >= 11 is 0. The highest BCUT2D eigenvalue weighted by Gasteiger charge is 2.43. The Balaban J connectivity index is 1.71. The molecule has 1 radical (unpaired) electrons. The van der Waals surface area contributed by atoms with E-state index >= 15 is 0 Å². The summed E-state index contributed by atoms with van der Waals surface area (Å²) in [5.41, 5.74) is 5.07. The first-order chi connectivity index (χ1) is 24.3. The highest BCUT2D eigenvalue weighted by Crippen LogP contribution is 2.51. The third kappa shape index (κ3) is 18.2. The van der Waals surface area contributed by atoms with E-state index in [-0.39, 0.29) is 63.4 Å². The Morgan fingerprint density at radius 3 is 2.61 bits per heavy atom. The number of hydrogen-bond acceptors (Lipinski definition) is 15. The van der Waals surface area contributed by atoms with Crippen molar-refractivity contribution in [2.45, 2.75) is 54.7 Å². The quantitative estimate of drug-likeness (QED) is 0.0207. The zero-order valence-electron chi connectivity index (χ0n) is 29.0. The van der Waals surface area contributed by atoms with Crippen molar-refractivity contribution in [3.05, 3.63) is 29.8 Å². The highest BCUT2D eigenvalue weighted by molar-refractivity contribution is 8.76. The second kappa shape index (κ2) is 25.0. The van der Waals surface area contributed by atoms with Crippen molar-refractivity contribution in [2.75, 3.05) is 71.8 Å². The number of rotatable bonds is 25. The largest absolute Gasteiger partial charge is 0.490 e. The molecule has 2 unspecified atom stereocenters. The van der Waals surface area contributed by atoms with E-state index < -0.39 is 36.6 Å². The molecule has 21 heteroatoms. The van der Waals surface area contributed by atoms with Crippen LogP contribution in [-0.4, -0.2) is 140 Å². The van der Waals surface area contributed by atoms with Crippen molar-refractivity contribution in [1.82, 2.24) is 10.6 Å². The molecule has 5 atom stereocenters. The average Bonchev–Trinajstić information content (AvgIpc) is 3.48. The van der Waals surface area contributed by atoms with Gasteiger partial charge in [0, 0.05) is 24.7 Å². The Morgan fingerprint density at radius 1 is 1.18 bits per heavy atom. The third-order valence-electron chi connectivity index (χ3n) is 6.84. The lowest BCUT2D eigenvalue weighted by Crippen LogP contribution is -2.36. The molecule has 2 rings (SSSR count). The van der Waals surface area contributed by atoms with Crippen LogP contribution in [0.4, 0.5) is 0 Å². The smallest absolute Gasteiger partial charge is 0.356 e. The van der Waals surface area contributed by atoms with E-state index in [2.05, 4.69) is 22.4 Å². The number of nitrogens with one attached hydrogen (secondary N) is 2. The lowest BCUT2D eigenvalue weighted by molar-refractivity contribution is -0.126. The summed E-state index contributed by atoms with van der Waals surface area (Å²) in [5, 5.41) is 13.3. The van der Waals surface area contributed by atoms with Crippen LogP contribution < -0.4 is 21.1 Å². The van der Waals surface area contributed by atoms with Gasteiger partial charge in [0.25, 0.3) is 13.2 Å². The Bertz CT molecular complexity index is 1310. The maximum absolute atomic E-state index is 12.2. The molecule has 1 aliphatic heterocycles. The molecular formula is C30H48BN3O12PS4. The molecule has 51 heavy (non-hydrogen) atoms. The average molecular weight is 813 g/mol. The van der Waals surface area contributed by atoms with Crippen LogP contribution >= 0.6 is 50.8 Å². The van der Waals surface area contributed by atoms with Crippen LogP contribution in [0.1, 0.15) is 30.6 Å². The predicted octanol–water partition coefficient (Wildman–Crippen LogP) is 1.67. The second-order valence-electron chi connectivity index (χ2n) is 11.1. The van der Waals surface area contributed by atoms with Gasteiger partial charge >= 0.3 is 7.60 Å². The molecule has 0 spiro atoms. The van der Waals surface area contributed by atoms with Gasteiger partial charge in [0.15, 0.2) is 5.34 Å². The zero-order valence-corrected chi connectivity index (χ0v) is 33.2. The summed E-state index contributed by atoms with van der Waals surface area (Å²) in [7, 11) is 2.85. The molecule has 1 saturated heterocycles. The summed E-state index contributed by atoms with van der Waals surface area (Å²) in [6.07, 6.45) is 2.99. The van der Waals surface area contributed by atoms with Crippen molar-refractivity contribution in [3.63, 3.8) is 0 Å². The second-order valence-corrected chi connectivity index (χ2v) is 18.5. The van der Waals surface area contributed by atoms with Gasteiger partial charge in [0.05, 0.1) is 39.1 Å². The topological polar surface area (TPSA) is 217 Å². The number of benzene rings is 1. The Kier molecular flexibility index (Phi) is 22.6. The van der Waals surface area contributed by atoms with Gasteiger partial charge in [-0.25, -0.2) is 0 Å². The molecule has 15 nitrogen and oxygen atoms in total. The predicted molar refractivity (Wildman–Crippen MR) is 204 cm³/mol. The number of hydrogen-bond donors (Lipinski definition) is 6. The minimum atomic E-state index is -4.54. The molecule has 1 heterocycles. The lowest BCUT2D eigenvalue weighted by atomic mass is 9.71. The number of aliphatic hydroxyl groups excluding tert-OH is 1. The number of aliphatic hydroxyl groups is 1. The van der Waals surface area contributed by atoms with E-state index in [0.717, 1.165) is 0 Å². The molecule has 287 valence electrons. The number of ether oxygens (including phenoxy) is 6. The SMILES string of the molecule is CSSC(COc1cccc(C(=O)NCCN)c1)OCCOCC(=O)NCC#C[B][C@H]1C[C@@H](O[C@H](CO)SSC)C(COC(C)(C)P(=O)(O)O)O1. The van der Waals surface area contributed by atoms with Gasteiger partial charge in [-0.1, -0.05) is 55.2 Å². The molecule has 2 amide bonds. The van der Waals surface area contributed by atoms with Crippen LogP contribution in [0.15, 0.2) is 24.3 Å². The normalized spacial score (nSPS) is 18.7. The van der Waals surface area contributed by atoms with E-state index in [9.17, 15) is 29.0 Å². The Morgan fingerprint density at radius 2 is 1.92 bits per heavy atom. The van der Waals surface area contributed by atoms with Gasteiger partial charge in [-0.15, -0.1) is 0 Å². The van der Waals surface area contributed by atoms with Crippen LogP contribution in [0.3, 0.4) is 0 Å². The lowest BCUT2D eigenvalue weighted by Gasteiger charge is -2.29. The fraction of sp³-hybridized carbons (Fsp3) is 0.667. The van der Waals surface area contributed by atoms with Crippen LogP contribution in [0.25, 0.3) is 0 Å². The van der Waals surface area contributed by atoms with Gasteiger partial charge in [0.1, 0.15) is 35.9 Å². The van der Waals surface area contributed by atoms with E-state index in [0.29, 0.717) is 30.8 Å². The molecule has 1 aromatic rings. The Labute approximate surface area is 316 Å². The Hall–Kier alpha value is -1.15. The fourth-order valence-electron chi connectivity index (χ4n) is 4.10. The van der Waals surface area contributed by atoms with Crippen LogP contribution in [0, 0.1) is 11.7 Å². The van der Waals surface area contributed by atoms with Crippen molar-refractivity contribution in [3.8, 4) is 17.5 Å². The van der Waals surface area contributed by atoms with Crippen molar-refractivity contribution in [1.29, 1.82) is 0 Å². The minimum absolute atomic E-state index is 0.0709. The number of nitrogens with two attached hydrogens (primary N) is 1. The molecule has 0 aromatic heterocycles. The van der Waals surface area contributed by atoms with E-state index in [1.807, 2.05) is 12.5 Å². The van der Waals surface area contributed by atoms with Gasteiger partial charge in [-0.2, -0.15) is 5.82 Å². The number of carbonyl (C=O) groups excluding carboxylic acids is 2. The maximum atomic E-state index is 12.2. The maximum Gasteiger partial charge on any atom is 0.356 e. The molecular weight excluding hydrogens is 764 g/mol. The standard InChI is InChI=1S/C30H48BN3O12PS4/c1-30(2,47(38,39)40)44-18-24-23(46-27(17-35)50-48-3)16-25(45-24)31-9-6-11-33-26(36)19-41-13-14-42-28(51-49-4)20-43-22-8-5-7-21(15-22)29(37)34-12-10-32/h5,7-8,15,23-25,27-28,35H,10-14,16-20,32H2,1-4H3,(H,33,36)(H,34,37)(H2,38,39,40)/t23-,24?,25-,27+,28?/m1/s1. The van der Waals surface area contributed by atoms with Gasteiger partial charge < -0.3 is 59.7 Å². The zero-order chi connectivity index (χ0) is 37.7. The molecule has 1 fully saturated rings. The monoisotopic (exact) mass is 812 g/mol.